The molecule has 2 heterocycles. The molecule has 1 aromatic heterocycles. The summed E-state index contributed by atoms with van der Waals surface area (Å²) in [7, 11) is 0. The van der Waals surface area contributed by atoms with Gasteiger partial charge in [0.05, 0.1) is 0 Å². The molecule has 2 N–H and O–H groups in total. The second kappa shape index (κ2) is 3.27. The van der Waals surface area contributed by atoms with Crippen LogP contribution in [0.4, 0.5) is 4.39 Å². The van der Waals surface area contributed by atoms with Crippen LogP contribution in [0.5, 0.6) is 0 Å². The predicted molar refractivity (Wildman–Crippen MR) is 45.3 cm³/mol. The number of hydrogen-bond donors (Lipinski definition) is 2. The summed E-state index contributed by atoms with van der Waals surface area (Å²) < 4.78 is 13.0. The van der Waals surface area contributed by atoms with Crippen LogP contribution in [-0.4, -0.2) is 11.5 Å². The average Bonchev–Trinajstić information content (AvgIpc) is 2.53. The van der Waals surface area contributed by atoms with E-state index in [0.717, 1.165) is 18.5 Å². The molecular formula is C9H13FN2. The van der Waals surface area contributed by atoms with Gasteiger partial charge >= 0.3 is 0 Å². The molecule has 1 aromatic rings. The Kier molecular flexibility index (Phi) is 2.13. The number of halogens is 1. The fraction of sp³-hybridized carbons (Fsp3) is 0.556. The molecule has 1 aliphatic rings. The van der Waals surface area contributed by atoms with Gasteiger partial charge in [0.1, 0.15) is 0 Å². The van der Waals surface area contributed by atoms with Crippen LogP contribution < -0.4 is 5.32 Å². The smallest absolute Gasteiger partial charge is 0.195 e. The zero-order valence-electron chi connectivity index (χ0n) is 6.94. The molecule has 0 radical (unpaired) electrons. The largest absolute Gasteiger partial charge is 0.338 e. The minimum Gasteiger partial charge on any atom is -0.338 e. The van der Waals surface area contributed by atoms with E-state index in [-0.39, 0.29) is 12.0 Å². The molecule has 2 nitrogen and oxygen atoms in total. The number of piperidine rings is 1. The molecule has 0 aromatic carbocycles. The van der Waals surface area contributed by atoms with Crippen molar-refractivity contribution in [1.29, 1.82) is 0 Å². The summed E-state index contributed by atoms with van der Waals surface area (Å²) in [6.07, 6.45) is 5.11. The van der Waals surface area contributed by atoms with E-state index in [9.17, 15) is 4.39 Å². The van der Waals surface area contributed by atoms with Crippen molar-refractivity contribution in [3.8, 4) is 0 Å². The van der Waals surface area contributed by atoms with Gasteiger partial charge in [-0.15, -0.1) is 0 Å². The molecule has 1 atom stereocenters. The first-order chi connectivity index (χ1) is 5.88. The first kappa shape index (κ1) is 7.80. The third-order valence-electron chi connectivity index (χ3n) is 2.41. The first-order valence-corrected chi connectivity index (χ1v) is 4.44. The van der Waals surface area contributed by atoms with E-state index in [4.69, 9.17) is 0 Å². The van der Waals surface area contributed by atoms with Crippen molar-refractivity contribution in [2.45, 2.75) is 25.3 Å². The van der Waals surface area contributed by atoms with Crippen LogP contribution in [0.3, 0.4) is 0 Å². The molecule has 1 saturated heterocycles. The number of H-pyrrole nitrogens is 1. The monoisotopic (exact) mass is 168 g/mol. The van der Waals surface area contributed by atoms with Crippen molar-refractivity contribution in [3.05, 3.63) is 23.8 Å². The lowest BCUT2D eigenvalue weighted by atomic mass is 10.00. The first-order valence-electron chi connectivity index (χ1n) is 4.44. The van der Waals surface area contributed by atoms with Crippen LogP contribution in [0.25, 0.3) is 0 Å². The van der Waals surface area contributed by atoms with Gasteiger partial charge in [-0.25, -0.2) is 0 Å². The standard InChI is InChI=1S/C9H13FN2/c10-9-7(4-6-12-9)8-3-1-2-5-11-8/h4,6,8,11-12H,1-3,5H2/t8-/m0/s1. The molecule has 0 spiro atoms. The van der Waals surface area contributed by atoms with Gasteiger partial charge < -0.3 is 10.3 Å². The van der Waals surface area contributed by atoms with Gasteiger partial charge in [0.15, 0.2) is 5.95 Å². The number of rotatable bonds is 1. The number of aromatic amines is 1. The Hall–Kier alpha value is -0.830. The molecule has 0 amide bonds. The maximum absolute atomic E-state index is 13.0. The Morgan fingerprint density at radius 2 is 2.33 bits per heavy atom. The lowest BCUT2D eigenvalue weighted by Crippen LogP contribution is -2.27. The van der Waals surface area contributed by atoms with Gasteiger partial charge in [-0.2, -0.15) is 4.39 Å². The van der Waals surface area contributed by atoms with Crippen molar-refractivity contribution in [3.63, 3.8) is 0 Å². The zero-order valence-corrected chi connectivity index (χ0v) is 6.94. The Labute approximate surface area is 71.2 Å². The van der Waals surface area contributed by atoms with E-state index < -0.39 is 0 Å². The third-order valence-corrected chi connectivity index (χ3v) is 2.41. The lowest BCUT2D eigenvalue weighted by Gasteiger charge is -2.22. The maximum atomic E-state index is 13.0. The molecule has 0 unspecified atom stereocenters. The summed E-state index contributed by atoms with van der Waals surface area (Å²) in [5.41, 5.74) is 0.787. The Morgan fingerprint density at radius 1 is 1.42 bits per heavy atom. The van der Waals surface area contributed by atoms with Gasteiger partial charge in [0, 0.05) is 17.8 Å². The van der Waals surface area contributed by atoms with E-state index in [2.05, 4.69) is 10.3 Å². The second-order valence-corrected chi connectivity index (χ2v) is 3.25. The zero-order chi connectivity index (χ0) is 8.39. The minimum atomic E-state index is -0.186. The molecule has 66 valence electrons. The maximum Gasteiger partial charge on any atom is 0.195 e. The SMILES string of the molecule is Fc1[nH]ccc1[C@@H]1CCCCN1. The van der Waals surface area contributed by atoms with Crippen molar-refractivity contribution >= 4 is 0 Å². The van der Waals surface area contributed by atoms with Crippen molar-refractivity contribution in [2.24, 2.45) is 0 Å². The van der Waals surface area contributed by atoms with Gasteiger partial charge in [0.2, 0.25) is 0 Å². The van der Waals surface area contributed by atoms with Crippen LogP contribution in [0.2, 0.25) is 0 Å². The second-order valence-electron chi connectivity index (χ2n) is 3.25. The summed E-state index contributed by atoms with van der Waals surface area (Å²) >= 11 is 0. The number of hydrogen-bond acceptors (Lipinski definition) is 1. The average molecular weight is 168 g/mol. The van der Waals surface area contributed by atoms with Crippen molar-refractivity contribution < 1.29 is 4.39 Å². The predicted octanol–water partition coefficient (Wildman–Crippen LogP) is 1.97. The summed E-state index contributed by atoms with van der Waals surface area (Å²) in [5.74, 6) is -0.186. The molecule has 0 aliphatic carbocycles. The van der Waals surface area contributed by atoms with E-state index in [1.807, 2.05) is 6.07 Å². The summed E-state index contributed by atoms with van der Waals surface area (Å²) in [4.78, 5) is 2.56. The molecule has 0 bridgehead atoms. The molecule has 12 heavy (non-hydrogen) atoms. The van der Waals surface area contributed by atoms with E-state index in [1.54, 1.807) is 6.20 Å². The highest BCUT2D eigenvalue weighted by atomic mass is 19.1. The number of nitrogens with one attached hydrogen (secondary N) is 2. The highest BCUT2D eigenvalue weighted by Crippen LogP contribution is 2.24. The molecule has 0 saturated carbocycles. The molecule has 3 heteroatoms. The minimum absolute atomic E-state index is 0.186. The van der Waals surface area contributed by atoms with E-state index >= 15 is 0 Å². The molecule has 1 fully saturated rings. The van der Waals surface area contributed by atoms with Crippen LogP contribution in [0.1, 0.15) is 30.9 Å². The normalized spacial score (nSPS) is 24.2. The fourth-order valence-electron chi connectivity index (χ4n) is 1.75. The van der Waals surface area contributed by atoms with Crippen LogP contribution in [0.15, 0.2) is 12.3 Å². The Bertz CT molecular complexity index is 251. The van der Waals surface area contributed by atoms with Gasteiger partial charge in [-0.05, 0) is 25.5 Å². The van der Waals surface area contributed by atoms with E-state index in [1.165, 1.54) is 12.8 Å². The molecular weight excluding hydrogens is 155 g/mol. The lowest BCUT2D eigenvalue weighted by molar-refractivity contribution is 0.398. The topological polar surface area (TPSA) is 27.8 Å². The highest BCUT2D eigenvalue weighted by molar-refractivity contribution is 5.16. The quantitative estimate of drug-likeness (QED) is 0.659. The fourth-order valence-corrected chi connectivity index (χ4v) is 1.75. The Balaban J connectivity index is 2.13. The summed E-state index contributed by atoms with van der Waals surface area (Å²) in [5, 5.41) is 3.30. The van der Waals surface area contributed by atoms with Gasteiger partial charge in [-0.1, -0.05) is 6.42 Å². The summed E-state index contributed by atoms with van der Waals surface area (Å²) in [6.45, 7) is 1.01. The van der Waals surface area contributed by atoms with Crippen molar-refractivity contribution in [2.75, 3.05) is 6.54 Å². The van der Waals surface area contributed by atoms with Gasteiger partial charge in [0.25, 0.3) is 0 Å². The van der Waals surface area contributed by atoms with Gasteiger partial charge in [-0.3, -0.25) is 0 Å². The van der Waals surface area contributed by atoms with Crippen LogP contribution in [-0.2, 0) is 0 Å². The van der Waals surface area contributed by atoms with E-state index in [0.29, 0.717) is 0 Å². The molecule has 1 aliphatic heterocycles. The number of aromatic nitrogens is 1. The molecule has 2 rings (SSSR count). The van der Waals surface area contributed by atoms with Crippen molar-refractivity contribution in [1.82, 2.24) is 10.3 Å². The van der Waals surface area contributed by atoms with Crippen LogP contribution in [0, 0.1) is 5.95 Å². The summed E-state index contributed by atoms with van der Waals surface area (Å²) in [6, 6.07) is 2.04. The highest BCUT2D eigenvalue weighted by Gasteiger charge is 2.18. The Morgan fingerprint density at radius 3 is 2.92 bits per heavy atom. The van der Waals surface area contributed by atoms with Crippen LogP contribution >= 0.6 is 0 Å². The third kappa shape index (κ3) is 1.37.